The second kappa shape index (κ2) is 6.65. The molecule has 1 aliphatic carbocycles. The van der Waals surface area contributed by atoms with E-state index >= 15 is 0 Å². The van der Waals surface area contributed by atoms with Gasteiger partial charge in [-0.05, 0) is 55.6 Å². The van der Waals surface area contributed by atoms with Crippen molar-refractivity contribution in [1.29, 1.82) is 5.26 Å². The molecule has 0 aromatic heterocycles. The largest absolute Gasteiger partial charge is 0.398 e. The van der Waals surface area contributed by atoms with E-state index in [4.69, 9.17) is 11.0 Å². The number of allylic oxidation sites excluding steroid dienone is 2. The molecule has 0 atom stereocenters. The van der Waals surface area contributed by atoms with Crippen LogP contribution in [0.15, 0.2) is 45.7 Å². The maximum atomic E-state index is 8.88. The van der Waals surface area contributed by atoms with E-state index in [1.165, 1.54) is 10.5 Å². The summed E-state index contributed by atoms with van der Waals surface area (Å²) in [5.41, 5.74) is 8.68. The summed E-state index contributed by atoms with van der Waals surface area (Å²) in [6, 6.07) is 7.62. The van der Waals surface area contributed by atoms with Crippen LogP contribution in [-0.4, -0.2) is 25.5 Å². The Morgan fingerprint density at radius 3 is 2.85 bits per heavy atom. The molecule has 0 unspecified atom stereocenters. The summed E-state index contributed by atoms with van der Waals surface area (Å²) in [5, 5.41) is 8.88. The molecule has 2 N–H and O–H groups in total. The third-order valence-corrected chi connectivity index (χ3v) is 4.38. The van der Waals surface area contributed by atoms with Crippen molar-refractivity contribution >= 4 is 17.4 Å². The van der Waals surface area contributed by atoms with Crippen LogP contribution < -0.4 is 5.73 Å². The predicted octanol–water partition coefficient (Wildman–Crippen LogP) is 3.40. The van der Waals surface area contributed by atoms with Crippen LogP contribution in [0.2, 0.25) is 0 Å². The zero-order chi connectivity index (χ0) is 14.5. The van der Waals surface area contributed by atoms with Crippen LogP contribution in [-0.2, 0) is 0 Å². The first-order chi connectivity index (χ1) is 9.60. The molecule has 1 aliphatic rings. The molecule has 0 amide bonds. The number of nitriles is 1. The Kier molecular flexibility index (Phi) is 4.89. The summed E-state index contributed by atoms with van der Waals surface area (Å²) < 4.78 is 0. The van der Waals surface area contributed by atoms with Gasteiger partial charge in [0.25, 0.3) is 0 Å². The number of likely N-dealkylation sites (N-methyl/N-ethyl adjacent to an activating group) is 1. The third-order valence-electron chi connectivity index (χ3n) is 3.07. The normalized spacial score (nSPS) is 14.7. The SMILES string of the molecule is CN(C)CC1=C(Sc2ccc(C#N)cc2N)CCC=C1. The summed E-state index contributed by atoms with van der Waals surface area (Å²) in [5.74, 6) is 0. The smallest absolute Gasteiger partial charge is 0.0992 e. The molecule has 0 spiro atoms. The number of nitrogen functional groups attached to an aromatic ring is 1. The van der Waals surface area contributed by atoms with Gasteiger partial charge in [0.15, 0.2) is 0 Å². The molecule has 20 heavy (non-hydrogen) atoms. The number of rotatable bonds is 4. The van der Waals surface area contributed by atoms with E-state index in [0.29, 0.717) is 11.3 Å². The number of nitrogens with two attached hydrogens (primary N) is 1. The quantitative estimate of drug-likeness (QED) is 0.861. The Balaban J connectivity index is 2.25. The number of hydrogen-bond acceptors (Lipinski definition) is 4. The third kappa shape index (κ3) is 3.66. The van der Waals surface area contributed by atoms with Gasteiger partial charge in [-0.15, -0.1) is 0 Å². The maximum Gasteiger partial charge on any atom is 0.0992 e. The van der Waals surface area contributed by atoms with Gasteiger partial charge in [-0.3, -0.25) is 0 Å². The molecule has 0 saturated carbocycles. The zero-order valence-corrected chi connectivity index (χ0v) is 12.7. The molecule has 1 aromatic carbocycles. The van der Waals surface area contributed by atoms with Crippen molar-refractivity contribution in [3.63, 3.8) is 0 Å². The Bertz CT molecular complexity index is 594. The van der Waals surface area contributed by atoms with Crippen molar-refractivity contribution in [2.45, 2.75) is 17.7 Å². The highest BCUT2D eigenvalue weighted by atomic mass is 32.2. The summed E-state index contributed by atoms with van der Waals surface area (Å²) in [6.45, 7) is 0.940. The van der Waals surface area contributed by atoms with E-state index in [2.05, 4.69) is 37.2 Å². The van der Waals surface area contributed by atoms with Crippen molar-refractivity contribution in [3.8, 4) is 6.07 Å². The van der Waals surface area contributed by atoms with Crippen molar-refractivity contribution < 1.29 is 0 Å². The first-order valence-electron chi connectivity index (χ1n) is 6.61. The van der Waals surface area contributed by atoms with Gasteiger partial charge in [0.2, 0.25) is 0 Å². The minimum Gasteiger partial charge on any atom is -0.398 e. The molecule has 104 valence electrons. The molecule has 2 rings (SSSR count). The molecule has 0 saturated heterocycles. The fraction of sp³-hybridized carbons (Fsp3) is 0.312. The molecule has 0 fully saturated rings. The van der Waals surface area contributed by atoms with Gasteiger partial charge < -0.3 is 10.6 Å². The number of benzene rings is 1. The van der Waals surface area contributed by atoms with Crippen molar-refractivity contribution in [3.05, 3.63) is 46.4 Å². The summed E-state index contributed by atoms with van der Waals surface area (Å²) in [6.07, 6.45) is 6.58. The molecular weight excluding hydrogens is 266 g/mol. The first kappa shape index (κ1) is 14.7. The number of anilines is 1. The Hall–Kier alpha value is -1.70. The first-order valence-corrected chi connectivity index (χ1v) is 7.42. The standard InChI is InChI=1S/C16H19N3S/c1-19(2)11-13-5-3-4-6-15(13)20-16-8-7-12(10-17)9-14(16)18/h3,5,7-9H,4,6,11,18H2,1-2H3. The Labute approximate surface area is 124 Å². The van der Waals surface area contributed by atoms with Gasteiger partial charge >= 0.3 is 0 Å². The highest BCUT2D eigenvalue weighted by Gasteiger charge is 2.12. The van der Waals surface area contributed by atoms with Crippen LogP contribution in [0.3, 0.4) is 0 Å². The van der Waals surface area contributed by atoms with Gasteiger partial charge in [-0.1, -0.05) is 23.9 Å². The van der Waals surface area contributed by atoms with Gasteiger partial charge in [-0.25, -0.2) is 0 Å². The lowest BCUT2D eigenvalue weighted by Gasteiger charge is -2.19. The van der Waals surface area contributed by atoms with Gasteiger partial charge in [0.05, 0.1) is 11.6 Å². The minimum atomic E-state index is 0.609. The van der Waals surface area contributed by atoms with E-state index in [1.807, 2.05) is 12.1 Å². The molecule has 1 aromatic rings. The predicted molar refractivity (Wildman–Crippen MR) is 85.4 cm³/mol. The fourth-order valence-electron chi connectivity index (χ4n) is 2.14. The fourth-order valence-corrected chi connectivity index (χ4v) is 3.20. The lowest BCUT2D eigenvalue weighted by Crippen LogP contribution is -2.16. The summed E-state index contributed by atoms with van der Waals surface area (Å²) >= 11 is 1.73. The van der Waals surface area contributed by atoms with Crippen LogP contribution in [0, 0.1) is 11.3 Å². The molecule has 0 radical (unpaired) electrons. The van der Waals surface area contributed by atoms with Gasteiger partial charge in [0.1, 0.15) is 0 Å². The molecule has 4 heteroatoms. The average molecular weight is 285 g/mol. The highest BCUT2D eigenvalue weighted by Crippen LogP contribution is 2.38. The van der Waals surface area contributed by atoms with Crippen LogP contribution in [0.25, 0.3) is 0 Å². The van der Waals surface area contributed by atoms with Gasteiger partial charge in [-0.2, -0.15) is 5.26 Å². The van der Waals surface area contributed by atoms with E-state index in [9.17, 15) is 0 Å². The van der Waals surface area contributed by atoms with Gasteiger partial charge in [0, 0.05) is 17.1 Å². The zero-order valence-electron chi connectivity index (χ0n) is 11.9. The molecule has 3 nitrogen and oxygen atoms in total. The number of thioether (sulfide) groups is 1. The number of hydrogen-bond donors (Lipinski definition) is 1. The average Bonchev–Trinajstić information content (AvgIpc) is 2.42. The van der Waals surface area contributed by atoms with E-state index < -0.39 is 0 Å². The second-order valence-corrected chi connectivity index (χ2v) is 6.23. The Morgan fingerprint density at radius 1 is 1.40 bits per heavy atom. The van der Waals surface area contributed by atoms with E-state index in [-0.39, 0.29) is 0 Å². The monoisotopic (exact) mass is 285 g/mol. The lowest BCUT2D eigenvalue weighted by molar-refractivity contribution is 0.447. The minimum absolute atomic E-state index is 0.609. The number of nitrogens with zero attached hydrogens (tertiary/aromatic N) is 2. The summed E-state index contributed by atoms with van der Waals surface area (Å²) in [4.78, 5) is 4.58. The van der Waals surface area contributed by atoms with E-state index in [1.54, 1.807) is 17.8 Å². The molecule has 0 heterocycles. The van der Waals surface area contributed by atoms with Crippen LogP contribution in [0.4, 0.5) is 5.69 Å². The van der Waals surface area contributed by atoms with Crippen molar-refractivity contribution in [2.24, 2.45) is 0 Å². The molecular formula is C16H19N3S. The van der Waals surface area contributed by atoms with Crippen molar-refractivity contribution in [1.82, 2.24) is 4.90 Å². The van der Waals surface area contributed by atoms with Crippen LogP contribution >= 0.6 is 11.8 Å². The molecule has 0 aliphatic heterocycles. The highest BCUT2D eigenvalue weighted by molar-refractivity contribution is 8.03. The van der Waals surface area contributed by atoms with Crippen molar-refractivity contribution in [2.75, 3.05) is 26.4 Å². The van der Waals surface area contributed by atoms with Crippen LogP contribution in [0.1, 0.15) is 18.4 Å². The van der Waals surface area contributed by atoms with E-state index in [0.717, 1.165) is 24.3 Å². The summed E-state index contributed by atoms with van der Waals surface area (Å²) in [7, 11) is 4.15. The molecule has 0 bridgehead atoms. The Morgan fingerprint density at radius 2 is 2.20 bits per heavy atom. The second-order valence-electron chi connectivity index (χ2n) is 5.09. The maximum absolute atomic E-state index is 8.88. The lowest BCUT2D eigenvalue weighted by atomic mass is 10.1. The topological polar surface area (TPSA) is 53.0 Å². The van der Waals surface area contributed by atoms with Crippen LogP contribution in [0.5, 0.6) is 0 Å².